The summed E-state index contributed by atoms with van der Waals surface area (Å²) in [6.45, 7) is 8.18. The van der Waals surface area contributed by atoms with Crippen LogP contribution in [-0.2, 0) is 0 Å². The first-order valence-electron chi connectivity index (χ1n) is 4.77. The van der Waals surface area contributed by atoms with Crippen LogP contribution >= 0.6 is 0 Å². The van der Waals surface area contributed by atoms with Crippen LogP contribution in [0.1, 0.15) is 36.6 Å². The minimum absolute atomic E-state index is 0.279. The van der Waals surface area contributed by atoms with Gasteiger partial charge in [-0.05, 0) is 25.3 Å². The topological polar surface area (TPSA) is 20.2 Å². The molecular weight excluding hydrogens is 160 g/mol. The minimum atomic E-state index is -0.335. The van der Waals surface area contributed by atoms with Crippen LogP contribution in [-0.4, -0.2) is 5.11 Å². The minimum Gasteiger partial charge on any atom is -0.388 e. The lowest BCUT2D eigenvalue weighted by molar-refractivity contribution is 0.127. The quantitative estimate of drug-likeness (QED) is 0.738. The molecule has 0 bridgehead atoms. The molecule has 0 aliphatic carbocycles. The molecule has 0 radical (unpaired) electrons. The zero-order valence-corrected chi connectivity index (χ0v) is 8.83. The molecule has 0 spiro atoms. The van der Waals surface area contributed by atoms with E-state index in [9.17, 15) is 5.11 Å². The van der Waals surface area contributed by atoms with Gasteiger partial charge in [0.15, 0.2) is 0 Å². The predicted molar refractivity (Wildman–Crippen MR) is 55.7 cm³/mol. The molecule has 1 rings (SSSR count). The van der Waals surface area contributed by atoms with E-state index in [2.05, 4.69) is 32.0 Å². The average molecular weight is 178 g/mol. The van der Waals surface area contributed by atoms with Crippen molar-refractivity contribution in [3.05, 3.63) is 34.9 Å². The molecule has 1 atom stereocenters. The van der Waals surface area contributed by atoms with Crippen LogP contribution in [0.15, 0.2) is 18.2 Å². The SMILES string of the molecule is Cc1cc(C)cc(C(O)C(C)C)c1. The molecule has 0 heterocycles. The summed E-state index contributed by atoms with van der Waals surface area (Å²) >= 11 is 0. The molecule has 0 aliphatic heterocycles. The summed E-state index contributed by atoms with van der Waals surface area (Å²) in [6, 6.07) is 6.23. The molecular formula is C12H18O. The number of aliphatic hydroxyl groups is 1. The second-order valence-electron chi connectivity index (χ2n) is 4.11. The maximum absolute atomic E-state index is 9.85. The molecule has 1 aromatic carbocycles. The van der Waals surface area contributed by atoms with E-state index in [-0.39, 0.29) is 12.0 Å². The molecule has 0 aromatic heterocycles. The number of hydrogen-bond acceptors (Lipinski definition) is 1. The first kappa shape index (κ1) is 10.3. The Morgan fingerprint density at radius 2 is 1.46 bits per heavy atom. The largest absolute Gasteiger partial charge is 0.388 e. The normalized spacial score (nSPS) is 13.4. The van der Waals surface area contributed by atoms with E-state index in [0.717, 1.165) is 5.56 Å². The maximum Gasteiger partial charge on any atom is 0.0813 e. The first-order chi connectivity index (χ1) is 6.00. The second kappa shape index (κ2) is 3.93. The molecule has 1 N–H and O–H groups in total. The van der Waals surface area contributed by atoms with Crippen molar-refractivity contribution >= 4 is 0 Å². The third kappa shape index (κ3) is 2.56. The fraction of sp³-hybridized carbons (Fsp3) is 0.500. The second-order valence-corrected chi connectivity index (χ2v) is 4.11. The highest BCUT2D eigenvalue weighted by Gasteiger charge is 2.11. The van der Waals surface area contributed by atoms with E-state index in [0.29, 0.717) is 0 Å². The van der Waals surface area contributed by atoms with E-state index >= 15 is 0 Å². The Labute approximate surface area is 80.4 Å². The van der Waals surface area contributed by atoms with Gasteiger partial charge in [0.1, 0.15) is 0 Å². The molecule has 0 aliphatic rings. The number of hydrogen-bond donors (Lipinski definition) is 1. The van der Waals surface area contributed by atoms with E-state index in [1.807, 2.05) is 13.8 Å². The summed E-state index contributed by atoms with van der Waals surface area (Å²) in [5.41, 5.74) is 3.47. The summed E-state index contributed by atoms with van der Waals surface area (Å²) in [5, 5.41) is 9.85. The third-order valence-electron chi connectivity index (χ3n) is 2.22. The van der Waals surface area contributed by atoms with Crippen molar-refractivity contribution in [2.45, 2.75) is 33.8 Å². The third-order valence-corrected chi connectivity index (χ3v) is 2.22. The lowest BCUT2D eigenvalue weighted by Crippen LogP contribution is -2.05. The van der Waals surface area contributed by atoms with E-state index in [1.165, 1.54) is 11.1 Å². The summed E-state index contributed by atoms with van der Waals surface area (Å²) in [6.07, 6.45) is -0.335. The van der Waals surface area contributed by atoms with Crippen LogP contribution in [0, 0.1) is 19.8 Å². The summed E-state index contributed by atoms with van der Waals surface area (Å²) in [7, 11) is 0. The van der Waals surface area contributed by atoms with Crippen molar-refractivity contribution in [1.82, 2.24) is 0 Å². The summed E-state index contributed by atoms with van der Waals surface area (Å²) in [5.74, 6) is 0.279. The molecule has 1 unspecified atom stereocenters. The van der Waals surface area contributed by atoms with Crippen LogP contribution in [0.2, 0.25) is 0 Å². The van der Waals surface area contributed by atoms with Gasteiger partial charge in [-0.2, -0.15) is 0 Å². The van der Waals surface area contributed by atoms with Crippen LogP contribution in [0.5, 0.6) is 0 Å². The predicted octanol–water partition coefficient (Wildman–Crippen LogP) is 2.99. The molecule has 1 nitrogen and oxygen atoms in total. The molecule has 0 fully saturated rings. The standard InChI is InChI=1S/C12H18O/c1-8(2)12(13)11-6-9(3)5-10(4)7-11/h5-8,12-13H,1-4H3. The smallest absolute Gasteiger partial charge is 0.0813 e. The monoisotopic (exact) mass is 178 g/mol. The van der Waals surface area contributed by atoms with E-state index in [1.54, 1.807) is 0 Å². The van der Waals surface area contributed by atoms with Crippen molar-refractivity contribution in [3.8, 4) is 0 Å². The van der Waals surface area contributed by atoms with Crippen molar-refractivity contribution in [3.63, 3.8) is 0 Å². The van der Waals surface area contributed by atoms with Crippen LogP contribution in [0.25, 0.3) is 0 Å². The van der Waals surface area contributed by atoms with Gasteiger partial charge < -0.3 is 5.11 Å². The molecule has 0 saturated heterocycles. The summed E-state index contributed by atoms with van der Waals surface area (Å²) < 4.78 is 0. The number of benzene rings is 1. The van der Waals surface area contributed by atoms with Gasteiger partial charge in [-0.1, -0.05) is 43.2 Å². The highest BCUT2D eigenvalue weighted by molar-refractivity contribution is 5.30. The van der Waals surface area contributed by atoms with E-state index < -0.39 is 0 Å². The lowest BCUT2D eigenvalue weighted by Gasteiger charge is -2.15. The Hall–Kier alpha value is -0.820. The van der Waals surface area contributed by atoms with Crippen molar-refractivity contribution in [2.75, 3.05) is 0 Å². The molecule has 0 saturated carbocycles. The van der Waals surface area contributed by atoms with Gasteiger partial charge in [0.2, 0.25) is 0 Å². The van der Waals surface area contributed by atoms with E-state index in [4.69, 9.17) is 0 Å². The Kier molecular flexibility index (Phi) is 3.10. The van der Waals surface area contributed by atoms with Crippen LogP contribution in [0.3, 0.4) is 0 Å². The Balaban J connectivity index is 3.01. The fourth-order valence-electron chi connectivity index (χ4n) is 1.57. The van der Waals surface area contributed by atoms with Crippen molar-refractivity contribution in [2.24, 2.45) is 5.92 Å². The highest BCUT2D eigenvalue weighted by atomic mass is 16.3. The molecule has 1 aromatic rings. The Morgan fingerprint density at radius 1 is 1.00 bits per heavy atom. The van der Waals surface area contributed by atoms with Crippen LogP contribution in [0.4, 0.5) is 0 Å². The molecule has 72 valence electrons. The highest BCUT2D eigenvalue weighted by Crippen LogP contribution is 2.23. The van der Waals surface area contributed by atoms with Gasteiger partial charge in [-0.25, -0.2) is 0 Å². The lowest BCUT2D eigenvalue weighted by atomic mass is 9.96. The fourth-order valence-corrected chi connectivity index (χ4v) is 1.57. The molecule has 0 amide bonds. The van der Waals surface area contributed by atoms with Gasteiger partial charge in [0, 0.05) is 0 Å². The summed E-state index contributed by atoms with van der Waals surface area (Å²) in [4.78, 5) is 0. The maximum atomic E-state index is 9.85. The zero-order valence-electron chi connectivity index (χ0n) is 8.83. The Morgan fingerprint density at radius 3 is 1.85 bits per heavy atom. The van der Waals surface area contributed by atoms with Crippen molar-refractivity contribution in [1.29, 1.82) is 0 Å². The van der Waals surface area contributed by atoms with Gasteiger partial charge in [-0.15, -0.1) is 0 Å². The first-order valence-corrected chi connectivity index (χ1v) is 4.77. The average Bonchev–Trinajstić information content (AvgIpc) is 2.01. The molecule has 13 heavy (non-hydrogen) atoms. The van der Waals surface area contributed by atoms with Crippen molar-refractivity contribution < 1.29 is 5.11 Å². The number of rotatable bonds is 2. The van der Waals surface area contributed by atoms with Crippen LogP contribution < -0.4 is 0 Å². The van der Waals surface area contributed by atoms with Gasteiger partial charge in [0.05, 0.1) is 6.10 Å². The molecule has 1 heteroatoms. The zero-order chi connectivity index (χ0) is 10.0. The number of aryl methyl sites for hydroxylation is 2. The Bertz CT molecular complexity index is 269. The van der Waals surface area contributed by atoms with Gasteiger partial charge >= 0.3 is 0 Å². The number of aliphatic hydroxyl groups excluding tert-OH is 1. The van der Waals surface area contributed by atoms with Gasteiger partial charge in [-0.3, -0.25) is 0 Å². The van der Waals surface area contributed by atoms with Gasteiger partial charge in [0.25, 0.3) is 0 Å².